The van der Waals surface area contributed by atoms with Gasteiger partial charge in [-0.25, -0.2) is 4.79 Å². The molecular formula is C6H3BrCl3NO2. The molecule has 1 aromatic rings. The summed E-state index contributed by atoms with van der Waals surface area (Å²) in [6, 6.07) is 1.51. The van der Waals surface area contributed by atoms with Crippen molar-refractivity contribution < 1.29 is 9.53 Å². The summed E-state index contributed by atoms with van der Waals surface area (Å²) in [5.74, 6) is -0.731. The fourth-order valence-electron chi connectivity index (χ4n) is 0.646. The van der Waals surface area contributed by atoms with Crippen LogP contribution in [-0.4, -0.2) is 14.9 Å². The van der Waals surface area contributed by atoms with Crippen LogP contribution in [0.25, 0.3) is 0 Å². The Morgan fingerprint density at radius 3 is 2.54 bits per heavy atom. The van der Waals surface area contributed by atoms with E-state index in [2.05, 4.69) is 25.7 Å². The van der Waals surface area contributed by atoms with Crippen molar-refractivity contribution in [2.24, 2.45) is 0 Å². The van der Waals surface area contributed by atoms with Crippen LogP contribution in [0.15, 0.2) is 16.7 Å². The summed E-state index contributed by atoms with van der Waals surface area (Å²) >= 11 is 18.9. The number of ether oxygens (including phenoxy) is 1. The van der Waals surface area contributed by atoms with Crippen LogP contribution >= 0.6 is 50.7 Å². The van der Waals surface area contributed by atoms with E-state index in [0.29, 0.717) is 4.47 Å². The van der Waals surface area contributed by atoms with Gasteiger partial charge in [0.15, 0.2) is 0 Å². The van der Waals surface area contributed by atoms with Crippen molar-refractivity contribution in [2.75, 3.05) is 0 Å². The Labute approximate surface area is 97.4 Å². The van der Waals surface area contributed by atoms with Crippen LogP contribution in [0.1, 0.15) is 10.5 Å². The lowest BCUT2D eigenvalue weighted by Gasteiger charge is -2.10. The second kappa shape index (κ2) is 4.09. The summed E-state index contributed by atoms with van der Waals surface area (Å²) in [7, 11) is 0. The van der Waals surface area contributed by atoms with Gasteiger partial charge in [0.25, 0.3) is 0 Å². The van der Waals surface area contributed by atoms with Gasteiger partial charge in [0.05, 0.1) is 0 Å². The summed E-state index contributed by atoms with van der Waals surface area (Å²) in [6.45, 7) is 0. The van der Waals surface area contributed by atoms with Crippen molar-refractivity contribution in [2.45, 2.75) is 3.98 Å². The third kappa shape index (κ3) is 3.77. The van der Waals surface area contributed by atoms with Gasteiger partial charge in [0.2, 0.25) is 0 Å². The van der Waals surface area contributed by atoms with Crippen LogP contribution in [0.5, 0.6) is 0 Å². The molecule has 0 aromatic carbocycles. The first-order valence-corrected chi connectivity index (χ1v) is 4.95. The topological polar surface area (TPSA) is 42.1 Å². The average Bonchev–Trinajstić information content (AvgIpc) is 2.31. The van der Waals surface area contributed by atoms with E-state index in [-0.39, 0.29) is 5.69 Å². The number of rotatable bonds is 1. The maximum atomic E-state index is 11.1. The van der Waals surface area contributed by atoms with Crippen LogP contribution < -0.4 is 0 Å². The third-order valence-electron chi connectivity index (χ3n) is 1.08. The van der Waals surface area contributed by atoms with Crippen molar-refractivity contribution in [1.29, 1.82) is 0 Å². The van der Waals surface area contributed by atoms with E-state index in [0.717, 1.165) is 0 Å². The molecule has 7 heteroatoms. The van der Waals surface area contributed by atoms with E-state index < -0.39 is 9.95 Å². The molecule has 0 unspecified atom stereocenters. The van der Waals surface area contributed by atoms with Gasteiger partial charge in [0.1, 0.15) is 5.69 Å². The lowest BCUT2D eigenvalue weighted by atomic mass is 10.4. The molecule has 1 heterocycles. The average molecular weight is 307 g/mol. The summed E-state index contributed by atoms with van der Waals surface area (Å²) in [4.78, 5) is 13.8. The molecule has 0 fully saturated rings. The number of aromatic amines is 1. The Bertz CT molecular complexity index is 320. The van der Waals surface area contributed by atoms with E-state index in [4.69, 9.17) is 34.8 Å². The number of H-pyrrole nitrogens is 1. The zero-order valence-corrected chi connectivity index (χ0v) is 9.84. The highest BCUT2D eigenvalue weighted by Gasteiger charge is 2.26. The molecule has 0 bridgehead atoms. The maximum Gasteiger partial charge on any atom is 0.358 e. The van der Waals surface area contributed by atoms with Gasteiger partial charge < -0.3 is 9.72 Å². The summed E-state index contributed by atoms with van der Waals surface area (Å²) in [6.07, 6.45) is 1.56. The van der Waals surface area contributed by atoms with Crippen molar-refractivity contribution in [3.05, 3.63) is 22.4 Å². The fraction of sp³-hybridized carbons (Fsp3) is 0.167. The predicted octanol–water partition coefficient (Wildman–Crippen LogP) is 3.26. The molecule has 0 radical (unpaired) electrons. The first-order valence-electron chi connectivity index (χ1n) is 3.02. The zero-order chi connectivity index (χ0) is 10.1. The highest BCUT2D eigenvalue weighted by atomic mass is 79.9. The molecule has 3 nitrogen and oxygen atoms in total. The van der Waals surface area contributed by atoms with Crippen LogP contribution in [0, 0.1) is 0 Å². The Morgan fingerprint density at radius 1 is 1.54 bits per heavy atom. The molecule has 0 atom stereocenters. The van der Waals surface area contributed by atoms with Gasteiger partial charge >= 0.3 is 9.95 Å². The monoisotopic (exact) mass is 305 g/mol. The van der Waals surface area contributed by atoms with E-state index >= 15 is 0 Å². The van der Waals surface area contributed by atoms with Gasteiger partial charge in [0, 0.05) is 10.7 Å². The number of aromatic nitrogens is 1. The zero-order valence-electron chi connectivity index (χ0n) is 5.98. The largest absolute Gasteiger partial charge is 0.410 e. The minimum absolute atomic E-state index is 0.207. The third-order valence-corrected chi connectivity index (χ3v) is 1.77. The van der Waals surface area contributed by atoms with E-state index in [1.807, 2.05) is 0 Å². The molecule has 1 rings (SSSR count). The molecular weight excluding hydrogens is 304 g/mol. The quantitative estimate of drug-likeness (QED) is 0.639. The minimum atomic E-state index is -2.03. The van der Waals surface area contributed by atoms with Crippen LogP contribution in [0.4, 0.5) is 0 Å². The first-order chi connectivity index (χ1) is 5.88. The molecule has 0 spiro atoms. The standard InChI is InChI=1S/C6H3BrCl3NO2/c7-3-1-4(11-2-3)5(12)13-6(8,9)10/h1-2,11H. The first kappa shape index (κ1) is 11.2. The van der Waals surface area contributed by atoms with Crippen LogP contribution in [0.2, 0.25) is 0 Å². The summed E-state index contributed by atoms with van der Waals surface area (Å²) < 4.78 is 3.12. The Balaban J connectivity index is 2.70. The molecule has 72 valence electrons. The maximum absolute atomic E-state index is 11.1. The van der Waals surface area contributed by atoms with Crippen molar-refractivity contribution in [3.63, 3.8) is 0 Å². The highest BCUT2D eigenvalue weighted by Crippen LogP contribution is 2.28. The number of nitrogens with one attached hydrogen (secondary N) is 1. The van der Waals surface area contributed by atoms with E-state index in [1.165, 1.54) is 6.07 Å². The Hall–Kier alpha value is 0.1000. The molecule has 0 amide bonds. The second-order valence-electron chi connectivity index (χ2n) is 2.07. The molecule has 0 aliphatic rings. The number of hydrogen-bond donors (Lipinski definition) is 1. The van der Waals surface area contributed by atoms with Gasteiger partial charge in [-0.15, -0.1) is 0 Å². The molecule has 0 aliphatic heterocycles. The van der Waals surface area contributed by atoms with Gasteiger partial charge in [-0.05, 0) is 56.8 Å². The molecule has 0 saturated heterocycles. The molecule has 0 saturated carbocycles. The number of carbonyl (C=O) groups excluding carboxylic acids is 1. The van der Waals surface area contributed by atoms with Gasteiger partial charge in [-0.1, -0.05) is 0 Å². The van der Waals surface area contributed by atoms with Crippen molar-refractivity contribution in [1.82, 2.24) is 4.98 Å². The summed E-state index contributed by atoms with van der Waals surface area (Å²) in [5.41, 5.74) is 0.207. The lowest BCUT2D eigenvalue weighted by molar-refractivity contribution is 0.0485. The Morgan fingerprint density at radius 2 is 2.15 bits per heavy atom. The Kier molecular flexibility index (Phi) is 3.51. The number of halogens is 4. The predicted molar refractivity (Wildman–Crippen MR) is 54.2 cm³/mol. The summed E-state index contributed by atoms with van der Waals surface area (Å²) in [5, 5.41) is 0. The molecule has 1 N–H and O–H groups in total. The van der Waals surface area contributed by atoms with Crippen molar-refractivity contribution in [3.8, 4) is 0 Å². The normalized spacial score (nSPS) is 11.4. The minimum Gasteiger partial charge on any atom is -0.410 e. The number of hydrogen-bond acceptors (Lipinski definition) is 2. The van der Waals surface area contributed by atoms with Crippen LogP contribution in [-0.2, 0) is 4.74 Å². The molecule has 1 aromatic heterocycles. The SMILES string of the molecule is O=C(OC(Cl)(Cl)Cl)c1cc(Br)c[nH]1. The van der Waals surface area contributed by atoms with Gasteiger partial charge in [-0.3, -0.25) is 0 Å². The highest BCUT2D eigenvalue weighted by molar-refractivity contribution is 9.10. The van der Waals surface area contributed by atoms with Crippen LogP contribution in [0.3, 0.4) is 0 Å². The van der Waals surface area contributed by atoms with E-state index in [9.17, 15) is 4.79 Å². The van der Waals surface area contributed by atoms with E-state index in [1.54, 1.807) is 6.20 Å². The second-order valence-corrected chi connectivity index (χ2v) is 5.16. The lowest BCUT2D eigenvalue weighted by Crippen LogP contribution is -2.16. The number of carbonyl (C=O) groups is 1. The fourth-order valence-corrected chi connectivity index (χ4v) is 1.20. The van der Waals surface area contributed by atoms with Crippen molar-refractivity contribution >= 4 is 56.7 Å². The number of alkyl halides is 3. The van der Waals surface area contributed by atoms with Gasteiger partial charge in [-0.2, -0.15) is 0 Å². The smallest absolute Gasteiger partial charge is 0.358 e. The number of esters is 1. The molecule has 0 aliphatic carbocycles. The molecule has 13 heavy (non-hydrogen) atoms.